The molecule has 1 rings (SSSR count). The first-order valence-electron chi connectivity index (χ1n) is 7.14. The minimum absolute atomic E-state index is 0.168. The van der Waals surface area contributed by atoms with Crippen molar-refractivity contribution in [3.63, 3.8) is 0 Å². The lowest BCUT2D eigenvalue weighted by Gasteiger charge is -2.27. The van der Waals surface area contributed by atoms with Gasteiger partial charge in [-0.1, -0.05) is 26.3 Å². The number of hydrogen-bond donors (Lipinski definition) is 1. The third kappa shape index (κ3) is 4.43. The van der Waals surface area contributed by atoms with E-state index in [9.17, 15) is 0 Å². The highest BCUT2D eigenvalue weighted by Crippen LogP contribution is 2.30. The van der Waals surface area contributed by atoms with Crippen LogP contribution >= 0.6 is 0 Å². The highest BCUT2D eigenvalue weighted by molar-refractivity contribution is 5.42. The van der Waals surface area contributed by atoms with Gasteiger partial charge in [-0.3, -0.25) is 0 Å². The number of aryl methyl sites for hydroxylation is 1. The molecule has 0 spiro atoms. The molecule has 2 unspecified atom stereocenters. The van der Waals surface area contributed by atoms with Gasteiger partial charge in [0, 0.05) is 6.04 Å². The van der Waals surface area contributed by atoms with Gasteiger partial charge in [0.15, 0.2) is 11.5 Å². The third-order valence-corrected chi connectivity index (χ3v) is 3.42. The fraction of sp³-hybridized carbons (Fsp3) is 0.625. The molecule has 0 saturated heterocycles. The molecule has 0 fully saturated rings. The van der Waals surface area contributed by atoms with Crippen LogP contribution in [0, 0.1) is 6.92 Å². The van der Waals surface area contributed by atoms with Crippen molar-refractivity contribution in [3.8, 4) is 11.5 Å². The average Bonchev–Trinajstić information content (AvgIpc) is 2.43. The lowest BCUT2D eigenvalue weighted by Crippen LogP contribution is -2.40. The summed E-state index contributed by atoms with van der Waals surface area (Å²) in [7, 11) is 3.68. The normalized spacial score (nSPS) is 13.9. The van der Waals surface area contributed by atoms with Crippen LogP contribution in [-0.4, -0.2) is 26.3 Å². The summed E-state index contributed by atoms with van der Waals surface area (Å²) in [5.74, 6) is 1.64. The molecule has 1 aromatic carbocycles. The van der Waals surface area contributed by atoms with Crippen molar-refractivity contribution in [2.45, 2.75) is 52.2 Å². The Morgan fingerprint density at radius 2 is 1.95 bits per heavy atom. The lowest BCUT2D eigenvalue weighted by atomic mass is 10.0. The summed E-state index contributed by atoms with van der Waals surface area (Å²) in [6.45, 7) is 6.41. The van der Waals surface area contributed by atoms with Gasteiger partial charge in [-0.15, -0.1) is 0 Å². The molecule has 3 heteroatoms. The number of methoxy groups -OCH3 is 1. The largest absolute Gasteiger partial charge is 0.493 e. The van der Waals surface area contributed by atoms with E-state index in [1.54, 1.807) is 7.11 Å². The monoisotopic (exact) mass is 265 g/mol. The van der Waals surface area contributed by atoms with E-state index < -0.39 is 0 Å². The van der Waals surface area contributed by atoms with Gasteiger partial charge in [0.05, 0.1) is 7.11 Å². The Labute approximate surface area is 117 Å². The van der Waals surface area contributed by atoms with Crippen LogP contribution in [-0.2, 0) is 0 Å². The number of hydrogen-bond acceptors (Lipinski definition) is 3. The molecule has 19 heavy (non-hydrogen) atoms. The Kier molecular flexibility index (Phi) is 6.71. The van der Waals surface area contributed by atoms with E-state index >= 15 is 0 Å². The number of nitrogens with one attached hydrogen (secondary N) is 1. The number of ether oxygens (including phenoxy) is 2. The van der Waals surface area contributed by atoms with E-state index in [1.807, 2.05) is 19.2 Å². The Morgan fingerprint density at radius 3 is 2.47 bits per heavy atom. The van der Waals surface area contributed by atoms with Gasteiger partial charge >= 0.3 is 0 Å². The number of benzene rings is 1. The quantitative estimate of drug-likeness (QED) is 0.779. The number of likely N-dealkylation sites (N-methyl/N-ethyl adjacent to an activating group) is 1. The first-order chi connectivity index (χ1) is 9.15. The van der Waals surface area contributed by atoms with Crippen molar-refractivity contribution in [1.29, 1.82) is 0 Å². The molecule has 0 saturated carbocycles. The van der Waals surface area contributed by atoms with Crippen molar-refractivity contribution >= 4 is 0 Å². The molecule has 0 aromatic heterocycles. The van der Waals surface area contributed by atoms with Gasteiger partial charge in [-0.25, -0.2) is 0 Å². The smallest absolute Gasteiger partial charge is 0.161 e. The van der Waals surface area contributed by atoms with Crippen LogP contribution in [0.4, 0.5) is 0 Å². The van der Waals surface area contributed by atoms with E-state index in [4.69, 9.17) is 9.47 Å². The Balaban J connectivity index is 2.85. The van der Waals surface area contributed by atoms with Gasteiger partial charge in [0.25, 0.3) is 0 Å². The lowest BCUT2D eigenvalue weighted by molar-refractivity contribution is 0.141. The van der Waals surface area contributed by atoms with Crippen molar-refractivity contribution in [2.75, 3.05) is 14.2 Å². The third-order valence-electron chi connectivity index (χ3n) is 3.42. The van der Waals surface area contributed by atoms with E-state index in [1.165, 1.54) is 5.56 Å². The minimum atomic E-state index is 0.168. The topological polar surface area (TPSA) is 30.5 Å². The molecule has 0 heterocycles. The molecule has 0 radical (unpaired) electrons. The summed E-state index contributed by atoms with van der Waals surface area (Å²) in [6, 6.07) is 6.44. The zero-order valence-corrected chi connectivity index (χ0v) is 12.8. The molecule has 3 nitrogen and oxygen atoms in total. The molecular weight excluding hydrogens is 238 g/mol. The molecule has 108 valence electrons. The molecule has 0 aliphatic heterocycles. The van der Waals surface area contributed by atoms with Gasteiger partial charge in [0.2, 0.25) is 0 Å². The fourth-order valence-corrected chi connectivity index (χ4v) is 2.31. The second kappa shape index (κ2) is 8.05. The summed E-state index contributed by atoms with van der Waals surface area (Å²) in [4.78, 5) is 0. The standard InChI is InChI=1S/C16H27NO2/c1-6-8-13(17-4)14(7-2)19-15-10-9-12(3)11-16(15)18-5/h9-11,13-14,17H,6-8H2,1-5H3. The molecule has 2 atom stereocenters. The highest BCUT2D eigenvalue weighted by Gasteiger charge is 2.20. The van der Waals surface area contributed by atoms with Crippen LogP contribution in [0.5, 0.6) is 11.5 Å². The first kappa shape index (κ1) is 15.8. The Bertz CT molecular complexity index is 379. The maximum absolute atomic E-state index is 6.16. The number of rotatable bonds is 8. The van der Waals surface area contributed by atoms with Gasteiger partial charge in [0.1, 0.15) is 6.10 Å². The van der Waals surface area contributed by atoms with Crippen LogP contribution in [0.2, 0.25) is 0 Å². The predicted octanol–water partition coefficient (Wildman–Crippen LogP) is 3.55. The van der Waals surface area contributed by atoms with Crippen molar-refractivity contribution in [3.05, 3.63) is 23.8 Å². The second-order valence-electron chi connectivity index (χ2n) is 4.90. The van der Waals surface area contributed by atoms with E-state index in [0.29, 0.717) is 6.04 Å². The zero-order valence-electron chi connectivity index (χ0n) is 12.8. The Morgan fingerprint density at radius 1 is 1.21 bits per heavy atom. The van der Waals surface area contributed by atoms with Crippen LogP contribution in [0.1, 0.15) is 38.7 Å². The van der Waals surface area contributed by atoms with Crippen LogP contribution in [0.3, 0.4) is 0 Å². The zero-order chi connectivity index (χ0) is 14.3. The van der Waals surface area contributed by atoms with E-state index in [0.717, 1.165) is 30.8 Å². The van der Waals surface area contributed by atoms with Gasteiger partial charge in [-0.05, 0) is 44.5 Å². The van der Waals surface area contributed by atoms with Gasteiger partial charge in [-0.2, -0.15) is 0 Å². The summed E-state index contributed by atoms with van der Waals surface area (Å²) >= 11 is 0. The second-order valence-corrected chi connectivity index (χ2v) is 4.90. The fourth-order valence-electron chi connectivity index (χ4n) is 2.31. The molecule has 0 aliphatic rings. The van der Waals surface area contributed by atoms with Gasteiger partial charge < -0.3 is 14.8 Å². The molecule has 0 aliphatic carbocycles. The van der Waals surface area contributed by atoms with E-state index in [-0.39, 0.29) is 6.10 Å². The van der Waals surface area contributed by atoms with Crippen molar-refractivity contribution < 1.29 is 9.47 Å². The molecule has 1 N–H and O–H groups in total. The van der Waals surface area contributed by atoms with Crippen molar-refractivity contribution in [1.82, 2.24) is 5.32 Å². The van der Waals surface area contributed by atoms with Crippen LogP contribution in [0.25, 0.3) is 0 Å². The van der Waals surface area contributed by atoms with Crippen molar-refractivity contribution in [2.24, 2.45) is 0 Å². The van der Waals surface area contributed by atoms with Crippen LogP contribution in [0.15, 0.2) is 18.2 Å². The maximum atomic E-state index is 6.16. The average molecular weight is 265 g/mol. The summed E-state index contributed by atoms with van der Waals surface area (Å²) in [5, 5.41) is 3.36. The summed E-state index contributed by atoms with van der Waals surface area (Å²) < 4.78 is 11.6. The predicted molar refractivity (Wildman–Crippen MR) is 80.2 cm³/mol. The van der Waals surface area contributed by atoms with Crippen LogP contribution < -0.4 is 14.8 Å². The first-order valence-corrected chi connectivity index (χ1v) is 7.14. The van der Waals surface area contributed by atoms with E-state index in [2.05, 4.69) is 32.2 Å². The maximum Gasteiger partial charge on any atom is 0.161 e. The highest BCUT2D eigenvalue weighted by atomic mass is 16.5. The summed E-state index contributed by atoms with van der Waals surface area (Å²) in [6.07, 6.45) is 3.41. The molecule has 1 aromatic rings. The Hall–Kier alpha value is -1.22. The SMILES string of the molecule is CCCC(NC)C(CC)Oc1ccc(C)cc1OC. The molecular formula is C16H27NO2. The minimum Gasteiger partial charge on any atom is -0.493 e. The summed E-state index contributed by atoms with van der Waals surface area (Å²) in [5.41, 5.74) is 1.18. The molecule has 0 bridgehead atoms. The molecule has 0 amide bonds.